The van der Waals surface area contributed by atoms with E-state index in [1.807, 2.05) is 0 Å². The summed E-state index contributed by atoms with van der Waals surface area (Å²) in [7, 11) is 0. The first-order valence-corrected chi connectivity index (χ1v) is 5.58. The molecule has 0 heterocycles. The number of fused-ring (bicyclic) bond motifs is 1. The Morgan fingerprint density at radius 2 is 1.83 bits per heavy atom. The standard InChI is InChI=1S/C11H21N/c1-2-4-8-9-5-3-6-10(9)11(8)7-12/h8-11H,2-7,12H2,1H3. The third-order valence-corrected chi connectivity index (χ3v) is 4.17. The molecule has 1 nitrogen and oxygen atoms in total. The fourth-order valence-electron chi connectivity index (χ4n) is 3.68. The zero-order valence-corrected chi connectivity index (χ0v) is 8.13. The number of hydrogen-bond donors (Lipinski definition) is 1. The van der Waals surface area contributed by atoms with Crippen molar-refractivity contribution in [2.75, 3.05) is 6.54 Å². The first-order chi connectivity index (χ1) is 5.88. The van der Waals surface area contributed by atoms with Gasteiger partial charge in [-0.15, -0.1) is 0 Å². The van der Waals surface area contributed by atoms with Gasteiger partial charge in [-0.3, -0.25) is 0 Å². The van der Waals surface area contributed by atoms with E-state index < -0.39 is 0 Å². The van der Waals surface area contributed by atoms with Gasteiger partial charge in [0, 0.05) is 0 Å². The maximum Gasteiger partial charge on any atom is -0.00434 e. The van der Waals surface area contributed by atoms with Crippen LogP contribution in [0.3, 0.4) is 0 Å². The normalized spacial score (nSPS) is 45.5. The summed E-state index contributed by atoms with van der Waals surface area (Å²) in [6, 6.07) is 0. The minimum atomic E-state index is 0.900. The summed E-state index contributed by atoms with van der Waals surface area (Å²) in [6.07, 6.45) is 7.25. The van der Waals surface area contributed by atoms with Crippen LogP contribution in [0.4, 0.5) is 0 Å². The number of rotatable bonds is 3. The molecular formula is C11H21N. The highest BCUT2D eigenvalue weighted by atomic mass is 14.6. The van der Waals surface area contributed by atoms with E-state index >= 15 is 0 Å². The molecule has 0 aromatic carbocycles. The Morgan fingerprint density at radius 3 is 2.42 bits per heavy atom. The first-order valence-electron chi connectivity index (χ1n) is 5.58. The summed E-state index contributed by atoms with van der Waals surface area (Å²) in [5.41, 5.74) is 5.81. The van der Waals surface area contributed by atoms with Crippen LogP contribution in [0.2, 0.25) is 0 Å². The van der Waals surface area contributed by atoms with Crippen LogP contribution in [0, 0.1) is 23.7 Å². The van der Waals surface area contributed by atoms with Crippen LogP contribution in [-0.4, -0.2) is 6.54 Å². The Morgan fingerprint density at radius 1 is 1.17 bits per heavy atom. The summed E-state index contributed by atoms with van der Waals surface area (Å²) >= 11 is 0. The van der Waals surface area contributed by atoms with Crippen molar-refractivity contribution in [3.63, 3.8) is 0 Å². The molecule has 0 saturated heterocycles. The molecule has 0 spiro atoms. The highest BCUT2D eigenvalue weighted by Gasteiger charge is 2.50. The Hall–Kier alpha value is -0.0400. The van der Waals surface area contributed by atoms with Crippen LogP contribution >= 0.6 is 0 Å². The SMILES string of the molecule is CCCC1C(CN)C2CCCC12. The van der Waals surface area contributed by atoms with Gasteiger partial charge in [-0.25, -0.2) is 0 Å². The lowest BCUT2D eigenvalue weighted by Crippen LogP contribution is -2.47. The summed E-state index contributed by atoms with van der Waals surface area (Å²) < 4.78 is 0. The molecule has 0 amide bonds. The van der Waals surface area contributed by atoms with E-state index in [1.54, 1.807) is 0 Å². The minimum absolute atomic E-state index is 0.900. The third kappa shape index (κ3) is 1.10. The fraction of sp³-hybridized carbons (Fsp3) is 1.00. The largest absolute Gasteiger partial charge is 0.330 e. The molecule has 4 atom stereocenters. The van der Waals surface area contributed by atoms with E-state index in [2.05, 4.69) is 6.92 Å². The maximum absolute atomic E-state index is 5.81. The summed E-state index contributed by atoms with van der Waals surface area (Å²) in [6.45, 7) is 3.25. The lowest BCUT2D eigenvalue weighted by molar-refractivity contribution is 0.00234. The van der Waals surface area contributed by atoms with Gasteiger partial charge in [0.15, 0.2) is 0 Å². The van der Waals surface area contributed by atoms with E-state index in [1.165, 1.54) is 32.1 Å². The molecule has 12 heavy (non-hydrogen) atoms. The average Bonchev–Trinajstić information content (AvgIpc) is 2.46. The van der Waals surface area contributed by atoms with Crippen molar-refractivity contribution in [2.24, 2.45) is 29.4 Å². The Balaban J connectivity index is 1.94. The van der Waals surface area contributed by atoms with Gasteiger partial charge in [-0.05, 0) is 43.1 Å². The lowest BCUT2D eigenvalue weighted by atomic mass is 9.57. The third-order valence-electron chi connectivity index (χ3n) is 4.17. The van der Waals surface area contributed by atoms with Gasteiger partial charge in [-0.2, -0.15) is 0 Å². The number of hydrogen-bond acceptors (Lipinski definition) is 1. The van der Waals surface area contributed by atoms with Crippen LogP contribution in [0.5, 0.6) is 0 Å². The zero-order chi connectivity index (χ0) is 8.55. The second-order valence-electron chi connectivity index (χ2n) is 4.61. The maximum atomic E-state index is 5.81. The molecule has 2 rings (SSSR count). The van der Waals surface area contributed by atoms with Crippen molar-refractivity contribution < 1.29 is 0 Å². The quantitative estimate of drug-likeness (QED) is 0.686. The summed E-state index contributed by atoms with van der Waals surface area (Å²) in [4.78, 5) is 0. The molecule has 0 aliphatic heterocycles. The van der Waals surface area contributed by atoms with Gasteiger partial charge in [0.05, 0.1) is 0 Å². The topological polar surface area (TPSA) is 26.0 Å². The van der Waals surface area contributed by atoms with Crippen LogP contribution < -0.4 is 5.73 Å². The molecule has 2 N–H and O–H groups in total. The van der Waals surface area contributed by atoms with Crippen LogP contribution in [0.15, 0.2) is 0 Å². The Kier molecular flexibility index (Phi) is 2.40. The molecule has 1 heteroatoms. The molecule has 2 aliphatic rings. The van der Waals surface area contributed by atoms with Gasteiger partial charge >= 0.3 is 0 Å². The fourth-order valence-corrected chi connectivity index (χ4v) is 3.68. The van der Waals surface area contributed by atoms with E-state index in [0.717, 1.165) is 30.2 Å². The van der Waals surface area contributed by atoms with Crippen LogP contribution in [-0.2, 0) is 0 Å². The van der Waals surface area contributed by atoms with Crippen molar-refractivity contribution >= 4 is 0 Å². The van der Waals surface area contributed by atoms with Gasteiger partial charge in [0.1, 0.15) is 0 Å². The predicted molar refractivity (Wildman–Crippen MR) is 51.8 cm³/mol. The van der Waals surface area contributed by atoms with E-state index in [0.29, 0.717) is 0 Å². The van der Waals surface area contributed by atoms with Crippen molar-refractivity contribution in [1.82, 2.24) is 0 Å². The molecule has 70 valence electrons. The molecule has 0 aromatic heterocycles. The second kappa shape index (κ2) is 3.37. The Labute approximate surface area is 75.7 Å². The summed E-state index contributed by atoms with van der Waals surface area (Å²) in [5.74, 6) is 4.02. The highest BCUT2D eigenvalue weighted by molar-refractivity contribution is 5.00. The summed E-state index contributed by atoms with van der Waals surface area (Å²) in [5, 5.41) is 0. The van der Waals surface area contributed by atoms with Crippen molar-refractivity contribution in [1.29, 1.82) is 0 Å². The highest BCUT2D eigenvalue weighted by Crippen LogP contribution is 2.56. The van der Waals surface area contributed by atoms with Crippen LogP contribution in [0.25, 0.3) is 0 Å². The zero-order valence-electron chi connectivity index (χ0n) is 8.13. The van der Waals surface area contributed by atoms with Crippen molar-refractivity contribution in [3.8, 4) is 0 Å². The van der Waals surface area contributed by atoms with Crippen LogP contribution in [0.1, 0.15) is 39.0 Å². The molecule has 2 saturated carbocycles. The molecule has 0 radical (unpaired) electrons. The average molecular weight is 167 g/mol. The smallest absolute Gasteiger partial charge is 0.00434 e. The van der Waals surface area contributed by atoms with E-state index in [-0.39, 0.29) is 0 Å². The monoisotopic (exact) mass is 167 g/mol. The van der Waals surface area contributed by atoms with Gasteiger partial charge < -0.3 is 5.73 Å². The van der Waals surface area contributed by atoms with E-state index in [4.69, 9.17) is 5.73 Å². The second-order valence-corrected chi connectivity index (χ2v) is 4.61. The van der Waals surface area contributed by atoms with Crippen molar-refractivity contribution in [2.45, 2.75) is 39.0 Å². The molecule has 0 bridgehead atoms. The molecule has 2 fully saturated rings. The van der Waals surface area contributed by atoms with Gasteiger partial charge in [-0.1, -0.05) is 26.2 Å². The number of nitrogens with two attached hydrogens (primary N) is 1. The van der Waals surface area contributed by atoms with E-state index in [9.17, 15) is 0 Å². The predicted octanol–water partition coefficient (Wildman–Crippen LogP) is 2.41. The lowest BCUT2D eigenvalue weighted by Gasteiger charge is -2.49. The molecule has 0 aromatic rings. The molecular weight excluding hydrogens is 146 g/mol. The molecule has 4 unspecified atom stereocenters. The molecule has 2 aliphatic carbocycles. The van der Waals surface area contributed by atoms with Crippen molar-refractivity contribution in [3.05, 3.63) is 0 Å². The Bertz CT molecular complexity index is 155. The first kappa shape index (κ1) is 8.55. The van der Waals surface area contributed by atoms with Gasteiger partial charge in [0.2, 0.25) is 0 Å². The van der Waals surface area contributed by atoms with Gasteiger partial charge in [0.25, 0.3) is 0 Å². The minimum Gasteiger partial charge on any atom is -0.330 e.